The summed E-state index contributed by atoms with van der Waals surface area (Å²) in [4.78, 5) is 0. The number of nitrogens with zero attached hydrogens (tertiary/aromatic N) is 2. The van der Waals surface area contributed by atoms with Crippen molar-refractivity contribution in [2.45, 2.75) is 83.3 Å². The van der Waals surface area contributed by atoms with Gasteiger partial charge in [0.2, 0.25) is 10.0 Å². The maximum atomic E-state index is 13.2. The fourth-order valence-electron chi connectivity index (χ4n) is 3.24. The number of hydrogen-bond donors (Lipinski definition) is 0. The van der Waals surface area contributed by atoms with Crippen LogP contribution in [-0.4, -0.2) is 25.8 Å². The van der Waals surface area contributed by atoms with Crippen LogP contribution in [0, 0.1) is 11.3 Å². The number of benzene rings is 1. The van der Waals surface area contributed by atoms with E-state index in [0.29, 0.717) is 18.7 Å². The van der Waals surface area contributed by atoms with Gasteiger partial charge in [-0.3, -0.25) is 0 Å². The van der Waals surface area contributed by atoms with Gasteiger partial charge in [0.15, 0.2) is 5.25 Å². The number of sulfonamides is 1. The van der Waals surface area contributed by atoms with Gasteiger partial charge in [0.05, 0.1) is 6.07 Å². The lowest BCUT2D eigenvalue weighted by atomic mass is 10.1. The molecule has 0 radical (unpaired) electrons. The molecule has 0 fully saturated rings. The summed E-state index contributed by atoms with van der Waals surface area (Å²) < 4.78 is 28.0. The highest BCUT2D eigenvalue weighted by molar-refractivity contribution is 7.89. The van der Waals surface area contributed by atoms with E-state index in [0.717, 1.165) is 38.5 Å². The lowest BCUT2D eigenvalue weighted by molar-refractivity contribution is 0.382. The summed E-state index contributed by atoms with van der Waals surface area (Å²) in [6, 6.07) is 10.9. The normalized spacial score (nSPS) is 12.8. The van der Waals surface area contributed by atoms with Crippen LogP contribution >= 0.6 is 0 Å². The minimum absolute atomic E-state index is 0.519. The first-order chi connectivity index (χ1) is 13.1. The van der Waals surface area contributed by atoms with Crippen LogP contribution in [0.25, 0.3) is 0 Å². The van der Waals surface area contributed by atoms with Crippen LogP contribution in [0.1, 0.15) is 88.9 Å². The molecule has 1 aromatic rings. The highest BCUT2D eigenvalue weighted by Crippen LogP contribution is 2.26. The predicted octanol–water partition coefficient (Wildman–Crippen LogP) is 5.82. The maximum Gasteiger partial charge on any atom is 0.234 e. The van der Waals surface area contributed by atoms with E-state index in [9.17, 15) is 13.7 Å². The zero-order valence-corrected chi connectivity index (χ0v) is 17.9. The van der Waals surface area contributed by atoms with Crippen molar-refractivity contribution in [3.05, 3.63) is 35.9 Å². The molecule has 27 heavy (non-hydrogen) atoms. The van der Waals surface area contributed by atoms with Gasteiger partial charge < -0.3 is 0 Å². The summed E-state index contributed by atoms with van der Waals surface area (Å²) in [5.41, 5.74) is 0.557. The molecule has 0 aromatic heterocycles. The highest BCUT2D eigenvalue weighted by Gasteiger charge is 2.32. The fraction of sp³-hybridized carbons (Fsp3) is 0.682. The van der Waals surface area contributed by atoms with Crippen LogP contribution in [0.5, 0.6) is 0 Å². The summed E-state index contributed by atoms with van der Waals surface area (Å²) >= 11 is 0. The third-order valence-electron chi connectivity index (χ3n) is 4.90. The Hall–Kier alpha value is -1.38. The lowest BCUT2D eigenvalue weighted by Crippen LogP contribution is -2.36. The van der Waals surface area contributed by atoms with Gasteiger partial charge in [-0.1, -0.05) is 95.5 Å². The first-order valence-electron chi connectivity index (χ1n) is 10.5. The second-order valence-electron chi connectivity index (χ2n) is 7.19. The van der Waals surface area contributed by atoms with E-state index in [1.165, 1.54) is 25.7 Å². The van der Waals surface area contributed by atoms with Crippen LogP contribution in [0.3, 0.4) is 0 Å². The minimum atomic E-state index is -3.68. The van der Waals surface area contributed by atoms with Gasteiger partial charge in [0.25, 0.3) is 0 Å². The Labute approximate surface area is 166 Å². The van der Waals surface area contributed by atoms with E-state index < -0.39 is 15.3 Å². The Balaban J connectivity index is 2.81. The standard InChI is InChI=1S/C22H36N2O2S/c1-3-5-7-9-14-18-24(19-15-10-8-6-4-2)27(25,26)22(20-23)21-16-12-11-13-17-21/h11-13,16-17,22H,3-10,14-15,18-19H2,1-2H3. The molecule has 1 atom stereocenters. The van der Waals surface area contributed by atoms with Crippen LogP contribution in [0.4, 0.5) is 0 Å². The fourth-order valence-corrected chi connectivity index (χ4v) is 4.94. The number of nitriles is 1. The Morgan fingerprint density at radius 2 is 1.33 bits per heavy atom. The molecule has 0 saturated heterocycles. The monoisotopic (exact) mass is 392 g/mol. The molecule has 0 aliphatic rings. The summed E-state index contributed by atoms with van der Waals surface area (Å²) in [7, 11) is -3.68. The number of unbranched alkanes of at least 4 members (excludes halogenated alkanes) is 8. The second-order valence-corrected chi connectivity index (χ2v) is 9.21. The molecule has 0 N–H and O–H groups in total. The molecule has 1 aromatic carbocycles. The van der Waals surface area contributed by atoms with Gasteiger partial charge in [-0.25, -0.2) is 12.7 Å². The summed E-state index contributed by atoms with van der Waals surface area (Å²) in [6.07, 6.45) is 10.8. The van der Waals surface area contributed by atoms with E-state index in [-0.39, 0.29) is 0 Å². The molecule has 4 nitrogen and oxygen atoms in total. The third-order valence-corrected chi connectivity index (χ3v) is 6.96. The largest absolute Gasteiger partial charge is 0.234 e. The van der Waals surface area contributed by atoms with Gasteiger partial charge in [-0.2, -0.15) is 5.26 Å². The van der Waals surface area contributed by atoms with E-state index in [2.05, 4.69) is 13.8 Å². The minimum Gasteiger partial charge on any atom is -0.210 e. The molecule has 0 saturated carbocycles. The first kappa shape index (κ1) is 23.7. The molecule has 0 bridgehead atoms. The van der Waals surface area contributed by atoms with Gasteiger partial charge >= 0.3 is 0 Å². The molecule has 0 aliphatic carbocycles. The molecule has 0 aliphatic heterocycles. The van der Waals surface area contributed by atoms with Crippen molar-refractivity contribution < 1.29 is 8.42 Å². The topological polar surface area (TPSA) is 61.2 Å². The molecule has 1 rings (SSSR count). The molecular weight excluding hydrogens is 356 g/mol. The van der Waals surface area contributed by atoms with Gasteiger partial charge in [0.1, 0.15) is 0 Å². The Kier molecular flexibility index (Phi) is 12.0. The van der Waals surface area contributed by atoms with Crippen molar-refractivity contribution >= 4 is 10.0 Å². The predicted molar refractivity (Wildman–Crippen MR) is 113 cm³/mol. The van der Waals surface area contributed by atoms with Crippen LogP contribution in [-0.2, 0) is 10.0 Å². The summed E-state index contributed by atoms with van der Waals surface area (Å²) in [5.74, 6) is 0. The first-order valence-corrected chi connectivity index (χ1v) is 12.0. The Morgan fingerprint density at radius 1 is 0.852 bits per heavy atom. The van der Waals surface area contributed by atoms with E-state index in [4.69, 9.17) is 0 Å². The molecule has 5 heteroatoms. The average molecular weight is 393 g/mol. The summed E-state index contributed by atoms with van der Waals surface area (Å²) in [6.45, 7) is 5.38. The highest BCUT2D eigenvalue weighted by atomic mass is 32.2. The molecule has 152 valence electrons. The van der Waals surface area contributed by atoms with Crippen LogP contribution in [0.2, 0.25) is 0 Å². The molecule has 1 unspecified atom stereocenters. The van der Waals surface area contributed by atoms with Crippen LogP contribution < -0.4 is 0 Å². The zero-order valence-electron chi connectivity index (χ0n) is 17.1. The van der Waals surface area contributed by atoms with Gasteiger partial charge in [-0.05, 0) is 18.4 Å². The molecule has 0 amide bonds. The van der Waals surface area contributed by atoms with Gasteiger partial charge in [0, 0.05) is 13.1 Å². The maximum absolute atomic E-state index is 13.2. The lowest BCUT2D eigenvalue weighted by Gasteiger charge is -2.25. The van der Waals surface area contributed by atoms with E-state index >= 15 is 0 Å². The number of hydrogen-bond acceptors (Lipinski definition) is 3. The van der Waals surface area contributed by atoms with E-state index in [1.54, 1.807) is 28.6 Å². The second kappa shape index (κ2) is 13.7. The van der Waals surface area contributed by atoms with Gasteiger partial charge in [-0.15, -0.1) is 0 Å². The zero-order chi connectivity index (χ0) is 20.0. The van der Waals surface area contributed by atoms with Crippen molar-refractivity contribution in [2.75, 3.05) is 13.1 Å². The quantitative estimate of drug-likeness (QED) is 0.353. The van der Waals surface area contributed by atoms with Crippen LogP contribution in [0.15, 0.2) is 30.3 Å². The SMILES string of the molecule is CCCCCCCN(CCCCCCC)S(=O)(=O)C(C#N)c1ccccc1. The van der Waals surface area contributed by atoms with Crippen molar-refractivity contribution in [2.24, 2.45) is 0 Å². The molecule has 0 spiro atoms. The van der Waals surface area contributed by atoms with Crippen molar-refractivity contribution in [1.82, 2.24) is 4.31 Å². The van der Waals surface area contributed by atoms with Crippen molar-refractivity contribution in [3.8, 4) is 6.07 Å². The average Bonchev–Trinajstić information content (AvgIpc) is 2.67. The molecular formula is C22H36N2O2S. The summed E-state index contributed by atoms with van der Waals surface area (Å²) in [5, 5.41) is 8.47. The number of rotatable bonds is 15. The molecule has 0 heterocycles. The Bertz CT molecular complexity index is 624. The van der Waals surface area contributed by atoms with Crippen molar-refractivity contribution in [3.63, 3.8) is 0 Å². The van der Waals surface area contributed by atoms with E-state index in [1.807, 2.05) is 12.1 Å². The van der Waals surface area contributed by atoms with Crippen molar-refractivity contribution in [1.29, 1.82) is 5.26 Å². The third kappa shape index (κ3) is 8.45. The Morgan fingerprint density at radius 3 is 1.78 bits per heavy atom. The smallest absolute Gasteiger partial charge is 0.210 e.